The first-order chi connectivity index (χ1) is 8.04. The van der Waals surface area contributed by atoms with Crippen LogP contribution in [0.4, 0.5) is 0 Å². The molecule has 5 heteroatoms. The number of aromatic nitrogens is 1. The molecule has 0 atom stereocenters. The first-order valence-electron chi connectivity index (χ1n) is 5.09. The average molecular weight is 270 g/mol. The number of nitrogens with zero attached hydrogens (tertiary/aromatic N) is 1. The Hall–Kier alpha value is -1.26. The summed E-state index contributed by atoms with van der Waals surface area (Å²) in [5, 5.41) is 0. The Balaban J connectivity index is 2.46. The average Bonchev–Trinajstić information content (AvgIpc) is 2.78. The molecule has 0 saturated heterocycles. The third-order valence-corrected chi connectivity index (χ3v) is 4.44. The normalized spacial score (nSPS) is 11.6. The minimum atomic E-state index is -3.49. The van der Waals surface area contributed by atoms with E-state index in [0.29, 0.717) is 5.88 Å². The molecule has 1 heterocycles. The SMILES string of the molecule is Cc1ccc(S(=O)(=O)n2ccc(CCl)c2)cc1. The third-order valence-electron chi connectivity index (χ3n) is 2.48. The van der Waals surface area contributed by atoms with Crippen LogP contribution in [0.2, 0.25) is 0 Å². The zero-order chi connectivity index (χ0) is 12.5. The molecular weight excluding hydrogens is 258 g/mol. The van der Waals surface area contributed by atoms with Gasteiger partial charge >= 0.3 is 0 Å². The van der Waals surface area contributed by atoms with E-state index < -0.39 is 10.0 Å². The van der Waals surface area contributed by atoms with Crippen LogP contribution in [-0.2, 0) is 15.9 Å². The number of hydrogen-bond donors (Lipinski definition) is 0. The largest absolute Gasteiger partial charge is 0.267 e. The minimum absolute atomic E-state index is 0.278. The quantitative estimate of drug-likeness (QED) is 0.804. The van der Waals surface area contributed by atoms with Gasteiger partial charge in [-0.15, -0.1) is 11.6 Å². The molecule has 0 aliphatic carbocycles. The number of benzene rings is 1. The van der Waals surface area contributed by atoms with Gasteiger partial charge in [-0.25, -0.2) is 12.4 Å². The van der Waals surface area contributed by atoms with Gasteiger partial charge in [0.05, 0.1) is 4.90 Å². The van der Waals surface area contributed by atoms with E-state index in [1.54, 1.807) is 30.3 Å². The van der Waals surface area contributed by atoms with Gasteiger partial charge in [-0.1, -0.05) is 17.7 Å². The monoisotopic (exact) mass is 269 g/mol. The maximum absolute atomic E-state index is 12.2. The van der Waals surface area contributed by atoms with E-state index in [9.17, 15) is 8.42 Å². The van der Waals surface area contributed by atoms with Gasteiger partial charge in [-0.3, -0.25) is 0 Å². The standard InChI is InChI=1S/C12H12ClNO2S/c1-10-2-4-12(5-3-10)17(15,16)14-7-6-11(8-13)9-14/h2-7,9H,8H2,1H3. The van der Waals surface area contributed by atoms with Crippen LogP contribution in [0.15, 0.2) is 47.6 Å². The summed E-state index contributed by atoms with van der Waals surface area (Å²) in [6.07, 6.45) is 3.04. The number of halogens is 1. The van der Waals surface area contributed by atoms with Crippen molar-refractivity contribution in [3.05, 3.63) is 53.9 Å². The first-order valence-corrected chi connectivity index (χ1v) is 7.06. The molecule has 2 rings (SSSR count). The van der Waals surface area contributed by atoms with Crippen molar-refractivity contribution in [3.8, 4) is 0 Å². The van der Waals surface area contributed by atoms with Crippen molar-refractivity contribution in [3.63, 3.8) is 0 Å². The fraction of sp³-hybridized carbons (Fsp3) is 0.167. The van der Waals surface area contributed by atoms with Crippen molar-refractivity contribution in [2.24, 2.45) is 0 Å². The van der Waals surface area contributed by atoms with E-state index in [0.717, 1.165) is 11.1 Å². The lowest BCUT2D eigenvalue weighted by molar-refractivity contribution is 0.587. The summed E-state index contributed by atoms with van der Waals surface area (Å²) in [6, 6.07) is 8.45. The molecule has 0 aliphatic rings. The van der Waals surface area contributed by atoms with Crippen LogP contribution >= 0.6 is 11.6 Å². The molecule has 1 aromatic heterocycles. The Morgan fingerprint density at radius 2 is 1.82 bits per heavy atom. The van der Waals surface area contributed by atoms with E-state index in [1.807, 2.05) is 6.92 Å². The second kappa shape index (κ2) is 4.55. The Bertz CT molecular complexity index is 614. The summed E-state index contributed by atoms with van der Waals surface area (Å²) >= 11 is 5.65. The highest BCUT2D eigenvalue weighted by molar-refractivity contribution is 7.90. The zero-order valence-electron chi connectivity index (χ0n) is 9.30. The van der Waals surface area contributed by atoms with E-state index >= 15 is 0 Å². The van der Waals surface area contributed by atoms with E-state index in [-0.39, 0.29) is 4.90 Å². The van der Waals surface area contributed by atoms with Crippen molar-refractivity contribution in [2.45, 2.75) is 17.7 Å². The smallest absolute Gasteiger partial charge is 0.249 e. The van der Waals surface area contributed by atoms with Gasteiger partial charge in [0.1, 0.15) is 0 Å². The lowest BCUT2D eigenvalue weighted by Crippen LogP contribution is -2.10. The van der Waals surface area contributed by atoms with Crippen LogP contribution in [0.25, 0.3) is 0 Å². The van der Waals surface area contributed by atoms with Gasteiger partial charge in [0.15, 0.2) is 0 Å². The molecule has 2 aromatic rings. The van der Waals surface area contributed by atoms with Crippen LogP contribution in [-0.4, -0.2) is 12.4 Å². The lowest BCUT2D eigenvalue weighted by atomic mass is 10.2. The summed E-state index contributed by atoms with van der Waals surface area (Å²) < 4.78 is 25.6. The molecule has 0 saturated carbocycles. The summed E-state index contributed by atoms with van der Waals surface area (Å²) in [5.74, 6) is 0.302. The molecule has 90 valence electrons. The van der Waals surface area contributed by atoms with Crippen LogP contribution in [0.1, 0.15) is 11.1 Å². The second-order valence-corrected chi connectivity index (χ2v) is 5.91. The fourth-order valence-corrected chi connectivity index (χ4v) is 2.86. The highest BCUT2D eigenvalue weighted by atomic mass is 35.5. The molecule has 0 spiro atoms. The number of aryl methyl sites for hydroxylation is 1. The van der Waals surface area contributed by atoms with Gasteiger partial charge in [0.25, 0.3) is 10.0 Å². The minimum Gasteiger partial charge on any atom is -0.249 e. The maximum Gasteiger partial charge on any atom is 0.267 e. The van der Waals surface area contributed by atoms with Crippen LogP contribution in [0.5, 0.6) is 0 Å². The predicted molar refractivity (Wildman–Crippen MR) is 67.8 cm³/mol. The van der Waals surface area contributed by atoms with Crippen molar-refractivity contribution in [2.75, 3.05) is 0 Å². The predicted octanol–water partition coefficient (Wildman–Crippen LogP) is 2.77. The van der Waals surface area contributed by atoms with Crippen molar-refractivity contribution >= 4 is 21.6 Å². The summed E-state index contributed by atoms with van der Waals surface area (Å²) in [5.41, 5.74) is 1.81. The van der Waals surface area contributed by atoms with Crippen molar-refractivity contribution in [1.29, 1.82) is 0 Å². The van der Waals surface area contributed by atoms with Crippen LogP contribution in [0.3, 0.4) is 0 Å². The fourth-order valence-electron chi connectivity index (χ4n) is 1.48. The van der Waals surface area contributed by atoms with Gasteiger partial charge in [-0.2, -0.15) is 0 Å². The van der Waals surface area contributed by atoms with E-state index in [1.165, 1.54) is 16.4 Å². The summed E-state index contributed by atoms with van der Waals surface area (Å²) in [4.78, 5) is 0.278. The Morgan fingerprint density at radius 3 is 2.35 bits per heavy atom. The van der Waals surface area contributed by atoms with E-state index in [4.69, 9.17) is 11.6 Å². The first kappa shape index (κ1) is 12.2. The summed E-state index contributed by atoms with van der Waals surface area (Å²) in [7, 11) is -3.49. The Kier molecular flexibility index (Phi) is 3.26. The molecule has 3 nitrogen and oxygen atoms in total. The number of hydrogen-bond acceptors (Lipinski definition) is 2. The van der Waals surface area contributed by atoms with E-state index in [2.05, 4.69) is 0 Å². The Morgan fingerprint density at radius 1 is 1.18 bits per heavy atom. The molecule has 0 fully saturated rings. The summed E-state index contributed by atoms with van der Waals surface area (Å²) in [6.45, 7) is 1.91. The molecule has 1 aromatic carbocycles. The Labute approximate surface area is 106 Å². The highest BCUT2D eigenvalue weighted by Crippen LogP contribution is 2.16. The topological polar surface area (TPSA) is 39.1 Å². The molecule has 17 heavy (non-hydrogen) atoms. The highest BCUT2D eigenvalue weighted by Gasteiger charge is 2.15. The van der Waals surface area contributed by atoms with Crippen LogP contribution in [0, 0.1) is 6.92 Å². The third kappa shape index (κ3) is 2.37. The molecule has 0 aliphatic heterocycles. The molecule has 0 unspecified atom stereocenters. The zero-order valence-corrected chi connectivity index (χ0v) is 10.9. The molecular formula is C12H12ClNO2S. The lowest BCUT2D eigenvalue weighted by Gasteiger charge is -2.05. The van der Waals surface area contributed by atoms with Crippen molar-refractivity contribution in [1.82, 2.24) is 3.97 Å². The number of alkyl halides is 1. The molecule has 0 bridgehead atoms. The van der Waals surface area contributed by atoms with Crippen molar-refractivity contribution < 1.29 is 8.42 Å². The second-order valence-electron chi connectivity index (χ2n) is 3.80. The maximum atomic E-state index is 12.2. The van der Waals surface area contributed by atoms with Gasteiger partial charge in [0.2, 0.25) is 0 Å². The number of rotatable bonds is 3. The molecule has 0 amide bonds. The molecule has 0 radical (unpaired) electrons. The van der Waals surface area contributed by atoms with Gasteiger partial charge in [0, 0.05) is 18.3 Å². The molecule has 0 N–H and O–H groups in total. The van der Waals surface area contributed by atoms with Gasteiger partial charge < -0.3 is 0 Å². The van der Waals surface area contributed by atoms with Gasteiger partial charge in [-0.05, 0) is 30.7 Å². The van der Waals surface area contributed by atoms with Crippen LogP contribution < -0.4 is 0 Å².